The Hall–Kier alpha value is 0.595. The van der Waals surface area contributed by atoms with Gasteiger partial charge in [0.15, 0.2) is 0 Å². The zero-order valence-corrected chi connectivity index (χ0v) is 11.7. The van der Waals surface area contributed by atoms with Crippen LogP contribution in [-0.4, -0.2) is 9.97 Å². The molecule has 1 heterocycles. The van der Waals surface area contributed by atoms with Crippen LogP contribution >= 0.6 is 16.5 Å². The number of nitrogens with zero attached hydrogens (tertiary/aromatic N) is 2. The number of aromatic nitrogens is 2. The van der Waals surface area contributed by atoms with E-state index in [0.717, 1.165) is 0 Å². The van der Waals surface area contributed by atoms with Crippen molar-refractivity contribution in [1.82, 2.24) is 9.97 Å². The fourth-order valence-corrected chi connectivity index (χ4v) is 0.253. The average Bonchev–Trinajstić information content (AvgIpc) is 1.93. The summed E-state index contributed by atoms with van der Waals surface area (Å²) in [5.41, 5.74) is 0. The van der Waals surface area contributed by atoms with Crippen molar-refractivity contribution in [2.45, 2.75) is 0 Å². The minimum atomic E-state index is -1.14. The zero-order valence-electron chi connectivity index (χ0n) is 4.67. The summed E-state index contributed by atoms with van der Waals surface area (Å²) in [4.78, 5) is 7.44. The second kappa shape index (κ2) is 8.60. The molecule has 5 heteroatoms. The monoisotopic (exact) mass is 352 g/mol. The van der Waals surface area contributed by atoms with E-state index in [-0.39, 0.29) is 0 Å². The Morgan fingerprint density at radius 3 is 1.22 bits per heavy atom. The molecule has 0 saturated carbocycles. The van der Waals surface area contributed by atoms with Gasteiger partial charge in [-0.3, -0.25) is 9.97 Å². The minimum Gasteiger partial charge on any atom is -0.262 e. The van der Waals surface area contributed by atoms with Gasteiger partial charge in [0.1, 0.15) is 0 Å². The summed E-state index contributed by atoms with van der Waals surface area (Å²) in [6.07, 6.45) is 6.56. The van der Waals surface area contributed by atoms with Gasteiger partial charge >= 0.3 is 38.6 Å². The van der Waals surface area contributed by atoms with Gasteiger partial charge < -0.3 is 0 Å². The Kier molecular flexibility index (Phi) is 9.16. The van der Waals surface area contributed by atoms with Crippen LogP contribution in [0.4, 0.5) is 0 Å². The molecule has 0 unspecified atom stereocenters. The van der Waals surface area contributed by atoms with Gasteiger partial charge in [-0.15, -0.1) is 0 Å². The Bertz CT molecular complexity index is 99.4. The third-order valence-electron chi connectivity index (χ3n) is 0.478. The molecule has 1 aromatic rings. The third-order valence-corrected chi connectivity index (χ3v) is 0.478. The summed E-state index contributed by atoms with van der Waals surface area (Å²) in [5, 5.41) is 0. The van der Waals surface area contributed by atoms with Crippen LogP contribution in [0.5, 0.6) is 0 Å². The van der Waals surface area contributed by atoms with E-state index in [1.54, 1.807) is 24.8 Å². The smallest absolute Gasteiger partial charge is 0.0451 e. The molecule has 0 amide bonds. The molecule has 0 saturated heterocycles. The van der Waals surface area contributed by atoms with Gasteiger partial charge in [-0.05, 0) is 0 Å². The van der Waals surface area contributed by atoms with Gasteiger partial charge in [0.2, 0.25) is 0 Å². The maximum atomic E-state index is 4.99. The predicted molar refractivity (Wildman–Crippen MR) is 33.7 cm³/mol. The Balaban J connectivity index is 0.000000187. The van der Waals surface area contributed by atoms with Gasteiger partial charge in [0.25, 0.3) is 0 Å². The Morgan fingerprint density at radius 1 is 0.889 bits per heavy atom. The summed E-state index contributed by atoms with van der Waals surface area (Å²) in [5.74, 6) is 0. The van der Waals surface area contributed by atoms with Crippen molar-refractivity contribution in [3.05, 3.63) is 24.8 Å². The molecular formula is C4H4Cl2HgN2. The van der Waals surface area contributed by atoms with Gasteiger partial charge in [-0.2, -0.15) is 0 Å². The molecule has 0 spiro atoms. The molecule has 0 aliphatic rings. The van der Waals surface area contributed by atoms with Crippen molar-refractivity contribution in [3.8, 4) is 0 Å². The van der Waals surface area contributed by atoms with Crippen LogP contribution in [0.2, 0.25) is 0 Å². The van der Waals surface area contributed by atoms with Crippen molar-refractivity contribution in [2.24, 2.45) is 0 Å². The van der Waals surface area contributed by atoms with Crippen molar-refractivity contribution in [2.75, 3.05) is 0 Å². The van der Waals surface area contributed by atoms with Crippen LogP contribution in [0.25, 0.3) is 0 Å². The Morgan fingerprint density at radius 2 is 1.11 bits per heavy atom. The van der Waals surface area contributed by atoms with Gasteiger partial charge in [0, 0.05) is 24.8 Å². The van der Waals surface area contributed by atoms with E-state index < -0.39 is 22.1 Å². The van der Waals surface area contributed by atoms with Crippen LogP contribution in [0, 0.1) is 0 Å². The number of halogens is 2. The van der Waals surface area contributed by atoms with Crippen LogP contribution in [0.1, 0.15) is 0 Å². The fraction of sp³-hybridized carbons (Fsp3) is 0. The van der Waals surface area contributed by atoms with E-state index in [1.165, 1.54) is 0 Å². The van der Waals surface area contributed by atoms with Gasteiger partial charge in [-0.1, -0.05) is 0 Å². The maximum absolute atomic E-state index is 4.99. The molecule has 1 aromatic heterocycles. The fourth-order valence-electron chi connectivity index (χ4n) is 0.253. The van der Waals surface area contributed by atoms with E-state index in [2.05, 4.69) is 9.97 Å². The number of hydrogen-bond donors (Lipinski definition) is 0. The van der Waals surface area contributed by atoms with Crippen LogP contribution in [0.15, 0.2) is 24.8 Å². The molecule has 46 valence electrons. The van der Waals surface area contributed by atoms with E-state index >= 15 is 0 Å². The number of rotatable bonds is 0. The molecule has 9 heavy (non-hydrogen) atoms. The standard InChI is InChI=1S/C4H4N2.2ClH.Hg/c1-2-6-4-3-5-1;;;/h1-4H;2*1H;/q;;;+2/p-2. The predicted octanol–water partition coefficient (Wildman–Crippen LogP) is 1.85. The minimum absolute atomic E-state index is 1.14. The second-order valence-corrected chi connectivity index (χ2v) is 8.87. The van der Waals surface area contributed by atoms with Gasteiger partial charge in [-0.25, -0.2) is 0 Å². The van der Waals surface area contributed by atoms with Crippen LogP contribution in [0.3, 0.4) is 0 Å². The first kappa shape index (κ1) is 9.60. The topological polar surface area (TPSA) is 25.8 Å². The largest absolute Gasteiger partial charge is 0.262 e. The molecule has 0 aliphatic carbocycles. The quantitative estimate of drug-likeness (QED) is 0.667. The molecule has 0 radical (unpaired) electrons. The normalized spacial score (nSPS) is 6.44. The molecular weight excluding hydrogens is 348 g/mol. The molecule has 0 fully saturated rings. The first-order valence-corrected chi connectivity index (χ1v) is 15.8. The Labute approximate surface area is 72.9 Å². The van der Waals surface area contributed by atoms with Crippen LogP contribution in [-0.2, 0) is 22.1 Å². The maximum Gasteiger partial charge on any atom is 0.0451 e. The number of hydrogen-bond acceptors (Lipinski definition) is 2. The van der Waals surface area contributed by atoms with E-state index in [0.29, 0.717) is 0 Å². The average molecular weight is 352 g/mol. The van der Waals surface area contributed by atoms with Crippen molar-refractivity contribution >= 4 is 16.5 Å². The second-order valence-electron chi connectivity index (χ2n) is 0.995. The molecule has 0 aromatic carbocycles. The molecule has 0 bridgehead atoms. The molecule has 1 rings (SSSR count). The SMILES string of the molecule is [Cl][Hg][Cl].c1cnccn1. The third kappa shape index (κ3) is 8.60. The molecule has 0 N–H and O–H groups in total. The van der Waals surface area contributed by atoms with Crippen molar-refractivity contribution in [3.63, 3.8) is 0 Å². The summed E-state index contributed by atoms with van der Waals surface area (Å²) in [7, 11) is 9.97. The van der Waals surface area contributed by atoms with E-state index in [9.17, 15) is 0 Å². The first-order valence-electron chi connectivity index (χ1n) is 2.23. The summed E-state index contributed by atoms with van der Waals surface area (Å²) >= 11 is -1.14. The first-order chi connectivity index (χ1) is 4.41. The van der Waals surface area contributed by atoms with Crippen LogP contribution < -0.4 is 0 Å². The summed E-state index contributed by atoms with van der Waals surface area (Å²) in [6, 6.07) is 0. The summed E-state index contributed by atoms with van der Waals surface area (Å²) in [6.45, 7) is 0. The molecule has 0 aliphatic heterocycles. The van der Waals surface area contributed by atoms with Crippen molar-refractivity contribution < 1.29 is 22.1 Å². The molecule has 0 atom stereocenters. The summed E-state index contributed by atoms with van der Waals surface area (Å²) < 4.78 is 0. The zero-order chi connectivity index (χ0) is 6.95. The van der Waals surface area contributed by atoms with Crippen molar-refractivity contribution in [1.29, 1.82) is 0 Å². The van der Waals surface area contributed by atoms with E-state index in [1.807, 2.05) is 0 Å². The van der Waals surface area contributed by atoms with Gasteiger partial charge in [0.05, 0.1) is 0 Å². The molecule has 2 nitrogen and oxygen atoms in total. The van der Waals surface area contributed by atoms with E-state index in [4.69, 9.17) is 16.5 Å².